The Morgan fingerprint density at radius 1 is 1.45 bits per heavy atom. The summed E-state index contributed by atoms with van der Waals surface area (Å²) in [6.07, 6.45) is 3.32. The third-order valence-electron chi connectivity index (χ3n) is 4.01. The lowest BCUT2D eigenvalue weighted by molar-refractivity contribution is -0.0601. The number of benzene rings is 1. The first-order valence-corrected chi connectivity index (χ1v) is 6.88. The number of rotatable bonds is 5. The first kappa shape index (κ1) is 14.7. The van der Waals surface area contributed by atoms with Crippen LogP contribution in [-0.4, -0.2) is 44.2 Å². The Balaban J connectivity index is 2.11. The summed E-state index contributed by atoms with van der Waals surface area (Å²) < 4.78 is 5.57. The zero-order valence-electron chi connectivity index (χ0n) is 12.4. The Morgan fingerprint density at radius 3 is 2.65 bits per heavy atom. The maximum absolute atomic E-state index is 12.0. The molecule has 0 radical (unpaired) electrons. The third-order valence-corrected chi connectivity index (χ3v) is 4.01. The number of nitrogens with zero attached hydrogens (tertiary/aromatic N) is 1. The molecule has 0 aliphatic heterocycles. The van der Waals surface area contributed by atoms with Crippen molar-refractivity contribution in [2.24, 2.45) is 0 Å². The minimum absolute atomic E-state index is 0.0295. The van der Waals surface area contributed by atoms with Gasteiger partial charge in [0.25, 0.3) is 5.91 Å². The van der Waals surface area contributed by atoms with Crippen molar-refractivity contribution in [1.29, 1.82) is 0 Å². The van der Waals surface area contributed by atoms with Crippen LogP contribution >= 0.6 is 0 Å². The van der Waals surface area contributed by atoms with Crippen molar-refractivity contribution in [3.8, 4) is 0 Å². The topological polar surface area (TPSA) is 67.6 Å². The van der Waals surface area contributed by atoms with Gasteiger partial charge in [-0.3, -0.25) is 4.79 Å². The van der Waals surface area contributed by atoms with Gasteiger partial charge in [0.05, 0.1) is 17.0 Å². The lowest BCUT2D eigenvalue weighted by Crippen LogP contribution is -2.45. The predicted octanol–water partition coefficient (Wildman–Crippen LogP) is 1.95. The van der Waals surface area contributed by atoms with Gasteiger partial charge in [0, 0.05) is 33.3 Å². The van der Waals surface area contributed by atoms with E-state index in [1.54, 1.807) is 44.3 Å². The monoisotopic (exact) mass is 277 g/mol. The molecule has 110 valence electrons. The van der Waals surface area contributed by atoms with Gasteiger partial charge in [0.1, 0.15) is 0 Å². The van der Waals surface area contributed by atoms with Gasteiger partial charge in [0.2, 0.25) is 0 Å². The zero-order chi connectivity index (χ0) is 14.8. The average Bonchev–Trinajstić information content (AvgIpc) is 2.39. The van der Waals surface area contributed by atoms with Gasteiger partial charge in [-0.05, 0) is 37.5 Å². The summed E-state index contributed by atoms with van der Waals surface area (Å²) in [7, 11) is 5.22. The summed E-state index contributed by atoms with van der Waals surface area (Å²) in [5, 5.41) is 3.32. The van der Waals surface area contributed by atoms with E-state index in [2.05, 4.69) is 5.32 Å². The molecule has 0 bridgehead atoms. The van der Waals surface area contributed by atoms with Crippen LogP contribution in [0.3, 0.4) is 0 Å². The number of hydrogen-bond donors (Lipinski definition) is 2. The summed E-state index contributed by atoms with van der Waals surface area (Å²) in [4.78, 5) is 13.5. The van der Waals surface area contributed by atoms with E-state index in [9.17, 15) is 4.79 Å². The van der Waals surface area contributed by atoms with Gasteiger partial charge in [-0.2, -0.15) is 0 Å². The standard InChI is InChI=1S/C15H23N3O2/c1-18(2)14(19)11-5-6-12(16)13(9-11)17-10-15(20-3)7-4-8-15/h5-6,9,17H,4,7-8,10,16H2,1-3H3. The van der Waals surface area contributed by atoms with Crippen LogP contribution in [0, 0.1) is 0 Å². The molecule has 0 heterocycles. The van der Waals surface area contributed by atoms with Crippen LogP contribution in [0.2, 0.25) is 0 Å². The second-order valence-corrected chi connectivity index (χ2v) is 5.60. The molecule has 3 N–H and O–H groups in total. The molecule has 1 saturated carbocycles. The summed E-state index contributed by atoms with van der Waals surface area (Å²) in [6, 6.07) is 5.32. The van der Waals surface area contributed by atoms with E-state index in [-0.39, 0.29) is 11.5 Å². The molecular weight excluding hydrogens is 254 g/mol. The SMILES string of the molecule is COC1(CNc2cc(C(=O)N(C)C)ccc2N)CCC1. The Bertz CT molecular complexity index is 490. The number of amides is 1. The normalized spacial score (nSPS) is 16.4. The fourth-order valence-corrected chi connectivity index (χ4v) is 2.38. The van der Waals surface area contributed by atoms with Crippen LogP contribution in [0.15, 0.2) is 18.2 Å². The molecule has 1 aromatic carbocycles. The number of carbonyl (C=O) groups is 1. The highest BCUT2D eigenvalue weighted by Gasteiger charge is 2.36. The van der Waals surface area contributed by atoms with Crippen molar-refractivity contribution in [2.75, 3.05) is 38.8 Å². The van der Waals surface area contributed by atoms with Crippen molar-refractivity contribution < 1.29 is 9.53 Å². The summed E-state index contributed by atoms with van der Waals surface area (Å²) in [5.74, 6) is -0.0295. The van der Waals surface area contributed by atoms with Crippen molar-refractivity contribution in [3.05, 3.63) is 23.8 Å². The predicted molar refractivity (Wildman–Crippen MR) is 81.0 cm³/mol. The van der Waals surface area contributed by atoms with E-state index in [0.717, 1.165) is 18.5 Å². The zero-order valence-corrected chi connectivity index (χ0v) is 12.4. The number of ether oxygens (including phenoxy) is 1. The minimum atomic E-state index is -0.0754. The Labute approximate surface area is 120 Å². The third kappa shape index (κ3) is 2.88. The molecule has 1 amide bonds. The summed E-state index contributed by atoms with van der Waals surface area (Å²) in [6.45, 7) is 0.716. The Hall–Kier alpha value is -1.75. The molecule has 0 atom stereocenters. The van der Waals surface area contributed by atoms with Gasteiger partial charge < -0.3 is 20.7 Å². The fraction of sp³-hybridized carbons (Fsp3) is 0.533. The van der Waals surface area contributed by atoms with E-state index in [1.165, 1.54) is 6.42 Å². The number of nitrogens with one attached hydrogen (secondary N) is 1. The highest BCUT2D eigenvalue weighted by molar-refractivity contribution is 5.95. The Morgan fingerprint density at radius 2 is 2.15 bits per heavy atom. The van der Waals surface area contributed by atoms with Gasteiger partial charge in [-0.15, -0.1) is 0 Å². The number of nitrogen functional groups attached to an aromatic ring is 1. The molecule has 0 spiro atoms. The van der Waals surface area contributed by atoms with E-state index in [1.807, 2.05) is 0 Å². The molecule has 1 aliphatic carbocycles. The average molecular weight is 277 g/mol. The molecule has 1 aromatic rings. The highest BCUT2D eigenvalue weighted by Crippen LogP contribution is 2.35. The molecule has 5 heteroatoms. The lowest BCUT2D eigenvalue weighted by atomic mass is 9.80. The minimum Gasteiger partial charge on any atom is -0.397 e. The maximum atomic E-state index is 12.0. The molecule has 2 rings (SSSR count). The van der Waals surface area contributed by atoms with E-state index < -0.39 is 0 Å². The number of carbonyl (C=O) groups excluding carboxylic acids is 1. The Kier molecular flexibility index (Phi) is 4.18. The smallest absolute Gasteiger partial charge is 0.253 e. The second kappa shape index (κ2) is 5.71. The number of nitrogens with two attached hydrogens (primary N) is 1. The molecule has 1 aliphatic rings. The van der Waals surface area contributed by atoms with Crippen LogP contribution in [-0.2, 0) is 4.74 Å². The fourth-order valence-electron chi connectivity index (χ4n) is 2.38. The largest absolute Gasteiger partial charge is 0.397 e. The van der Waals surface area contributed by atoms with Crippen LogP contribution in [0.4, 0.5) is 11.4 Å². The van der Waals surface area contributed by atoms with Gasteiger partial charge in [-0.25, -0.2) is 0 Å². The van der Waals surface area contributed by atoms with E-state index >= 15 is 0 Å². The van der Waals surface area contributed by atoms with Crippen molar-refractivity contribution in [1.82, 2.24) is 4.90 Å². The molecular formula is C15H23N3O2. The van der Waals surface area contributed by atoms with Crippen molar-refractivity contribution in [2.45, 2.75) is 24.9 Å². The van der Waals surface area contributed by atoms with Gasteiger partial charge >= 0.3 is 0 Å². The molecule has 1 fully saturated rings. The summed E-state index contributed by atoms with van der Waals surface area (Å²) in [5.41, 5.74) is 7.96. The molecule has 0 saturated heterocycles. The van der Waals surface area contributed by atoms with Gasteiger partial charge in [0.15, 0.2) is 0 Å². The van der Waals surface area contributed by atoms with E-state index in [0.29, 0.717) is 17.8 Å². The van der Waals surface area contributed by atoms with Crippen LogP contribution < -0.4 is 11.1 Å². The lowest BCUT2D eigenvalue weighted by Gasteiger charge is -2.40. The maximum Gasteiger partial charge on any atom is 0.253 e. The van der Waals surface area contributed by atoms with Crippen LogP contribution in [0.1, 0.15) is 29.6 Å². The molecule has 5 nitrogen and oxygen atoms in total. The van der Waals surface area contributed by atoms with Crippen LogP contribution in [0.5, 0.6) is 0 Å². The quantitative estimate of drug-likeness (QED) is 0.807. The number of anilines is 2. The first-order valence-electron chi connectivity index (χ1n) is 6.88. The van der Waals surface area contributed by atoms with Gasteiger partial charge in [-0.1, -0.05) is 0 Å². The molecule has 0 aromatic heterocycles. The van der Waals surface area contributed by atoms with Crippen molar-refractivity contribution in [3.63, 3.8) is 0 Å². The molecule has 0 unspecified atom stereocenters. The van der Waals surface area contributed by atoms with E-state index in [4.69, 9.17) is 10.5 Å². The first-order chi connectivity index (χ1) is 9.47. The number of methoxy groups -OCH3 is 1. The van der Waals surface area contributed by atoms with Crippen LogP contribution in [0.25, 0.3) is 0 Å². The molecule has 20 heavy (non-hydrogen) atoms. The van der Waals surface area contributed by atoms with Crippen molar-refractivity contribution >= 4 is 17.3 Å². The second-order valence-electron chi connectivity index (χ2n) is 5.60. The number of hydrogen-bond acceptors (Lipinski definition) is 4. The highest BCUT2D eigenvalue weighted by atomic mass is 16.5. The summed E-state index contributed by atoms with van der Waals surface area (Å²) >= 11 is 0.